The Morgan fingerprint density at radius 3 is 2.62 bits per heavy atom. The van der Waals surface area contributed by atoms with Gasteiger partial charge in [-0.05, 0) is 51.3 Å². The number of piperidine rings is 1. The standard InChI is InChI=1S/C20H32FN3O2/c1-15(25)23-20(4)8-10-24(11-9-20)14-19(2,3)22-13-18(26)16-6-5-7-17(21)12-16/h5-7,12,18,22,26H,8-11,13-14H2,1-4H3,(H,23,25)/t18-/m0/s1. The predicted octanol–water partition coefficient (Wildman–Crippen LogP) is 2.22. The van der Waals surface area contributed by atoms with Crippen molar-refractivity contribution < 1.29 is 14.3 Å². The molecule has 1 saturated heterocycles. The molecule has 0 aromatic heterocycles. The second-order valence-electron chi connectivity index (χ2n) is 8.35. The summed E-state index contributed by atoms with van der Waals surface area (Å²) in [5, 5.41) is 16.7. The predicted molar refractivity (Wildman–Crippen MR) is 101 cm³/mol. The molecule has 0 radical (unpaired) electrons. The number of benzene rings is 1. The maximum Gasteiger partial charge on any atom is 0.217 e. The molecule has 3 N–H and O–H groups in total. The van der Waals surface area contributed by atoms with Crippen molar-refractivity contribution in [3.8, 4) is 0 Å². The second-order valence-corrected chi connectivity index (χ2v) is 8.35. The van der Waals surface area contributed by atoms with Gasteiger partial charge >= 0.3 is 0 Å². The Hall–Kier alpha value is -1.50. The molecule has 1 fully saturated rings. The molecule has 5 nitrogen and oxygen atoms in total. The number of aliphatic hydroxyl groups is 1. The highest BCUT2D eigenvalue weighted by Crippen LogP contribution is 2.23. The number of carbonyl (C=O) groups is 1. The minimum absolute atomic E-state index is 0.0225. The Morgan fingerprint density at radius 2 is 2.04 bits per heavy atom. The van der Waals surface area contributed by atoms with Gasteiger partial charge in [-0.1, -0.05) is 12.1 Å². The van der Waals surface area contributed by atoms with Gasteiger partial charge in [-0.2, -0.15) is 0 Å². The number of hydrogen-bond acceptors (Lipinski definition) is 4. The van der Waals surface area contributed by atoms with Crippen LogP contribution in [0.3, 0.4) is 0 Å². The number of aliphatic hydroxyl groups excluding tert-OH is 1. The summed E-state index contributed by atoms with van der Waals surface area (Å²) in [6, 6.07) is 6.08. The first-order valence-corrected chi connectivity index (χ1v) is 9.28. The van der Waals surface area contributed by atoms with E-state index in [-0.39, 0.29) is 22.8 Å². The Balaban J connectivity index is 1.81. The highest BCUT2D eigenvalue weighted by Gasteiger charge is 2.32. The smallest absolute Gasteiger partial charge is 0.217 e. The van der Waals surface area contributed by atoms with E-state index in [4.69, 9.17) is 0 Å². The van der Waals surface area contributed by atoms with Gasteiger partial charge in [0.25, 0.3) is 0 Å². The van der Waals surface area contributed by atoms with E-state index in [1.165, 1.54) is 12.1 Å². The highest BCUT2D eigenvalue weighted by molar-refractivity contribution is 5.73. The lowest BCUT2D eigenvalue weighted by Gasteiger charge is -2.42. The molecule has 0 aliphatic carbocycles. The Bertz CT molecular complexity index is 613. The van der Waals surface area contributed by atoms with Crippen molar-refractivity contribution in [2.45, 2.75) is 57.7 Å². The lowest BCUT2D eigenvalue weighted by molar-refractivity contribution is -0.121. The zero-order valence-corrected chi connectivity index (χ0v) is 16.3. The average Bonchev–Trinajstić information content (AvgIpc) is 2.54. The third-order valence-electron chi connectivity index (χ3n) is 5.06. The molecular formula is C20H32FN3O2. The molecule has 1 amide bonds. The number of carbonyl (C=O) groups excluding carboxylic acids is 1. The van der Waals surface area contributed by atoms with E-state index in [1.807, 2.05) is 0 Å². The van der Waals surface area contributed by atoms with Crippen molar-refractivity contribution in [1.29, 1.82) is 0 Å². The maximum absolute atomic E-state index is 13.3. The third kappa shape index (κ3) is 6.34. The van der Waals surface area contributed by atoms with Crippen molar-refractivity contribution >= 4 is 5.91 Å². The molecule has 146 valence electrons. The quantitative estimate of drug-likeness (QED) is 0.693. The average molecular weight is 365 g/mol. The minimum atomic E-state index is -0.741. The van der Waals surface area contributed by atoms with Crippen LogP contribution in [0.1, 0.15) is 52.2 Å². The number of likely N-dealkylation sites (tertiary alicyclic amines) is 1. The van der Waals surface area contributed by atoms with Gasteiger partial charge in [-0.15, -0.1) is 0 Å². The van der Waals surface area contributed by atoms with E-state index in [1.54, 1.807) is 19.1 Å². The first-order valence-electron chi connectivity index (χ1n) is 9.28. The summed E-state index contributed by atoms with van der Waals surface area (Å²) in [7, 11) is 0. The second kappa shape index (κ2) is 8.46. The summed E-state index contributed by atoms with van der Waals surface area (Å²) in [5.74, 6) is -0.314. The van der Waals surface area contributed by atoms with Crippen LogP contribution in [-0.2, 0) is 4.79 Å². The number of nitrogens with one attached hydrogen (secondary N) is 2. The SMILES string of the molecule is CC(=O)NC1(C)CCN(CC(C)(C)NC[C@H](O)c2cccc(F)c2)CC1. The van der Waals surface area contributed by atoms with Crippen LogP contribution in [0.2, 0.25) is 0 Å². The van der Waals surface area contributed by atoms with E-state index >= 15 is 0 Å². The number of β-amino-alcohol motifs (C(OH)–C–C–N with tert-alkyl or cyclic N) is 1. The number of hydrogen-bond donors (Lipinski definition) is 3. The van der Waals surface area contributed by atoms with Crippen molar-refractivity contribution in [2.75, 3.05) is 26.2 Å². The van der Waals surface area contributed by atoms with Gasteiger partial charge in [0.05, 0.1) is 6.10 Å². The fourth-order valence-electron chi connectivity index (χ4n) is 3.57. The first-order chi connectivity index (χ1) is 12.1. The van der Waals surface area contributed by atoms with Crippen LogP contribution in [0, 0.1) is 5.82 Å². The van der Waals surface area contributed by atoms with Crippen LogP contribution in [0.25, 0.3) is 0 Å². The number of halogens is 1. The molecule has 0 bridgehead atoms. The molecule has 1 heterocycles. The van der Waals surface area contributed by atoms with Gasteiger partial charge in [0, 0.05) is 44.2 Å². The van der Waals surface area contributed by atoms with Gasteiger partial charge in [-0.25, -0.2) is 4.39 Å². The Kier molecular flexibility index (Phi) is 6.77. The van der Waals surface area contributed by atoms with E-state index in [0.29, 0.717) is 12.1 Å². The number of rotatable bonds is 7. The van der Waals surface area contributed by atoms with Gasteiger partial charge in [0.1, 0.15) is 5.82 Å². The van der Waals surface area contributed by atoms with Crippen LogP contribution in [0.15, 0.2) is 24.3 Å². The van der Waals surface area contributed by atoms with Crippen molar-refractivity contribution in [2.24, 2.45) is 0 Å². The fourth-order valence-corrected chi connectivity index (χ4v) is 3.57. The molecule has 0 saturated carbocycles. The summed E-state index contributed by atoms with van der Waals surface area (Å²) < 4.78 is 13.3. The summed E-state index contributed by atoms with van der Waals surface area (Å²) in [5.41, 5.74) is 0.279. The van der Waals surface area contributed by atoms with Crippen LogP contribution in [0.4, 0.5) is 4.39 Å². The van der Waals surface area contributed by atoms with E-state index in [2.05, 4.69) is 36.3 Å². The molecule has 26 heavy (non-hydrogen) atoms. The van der Waals surface area contributed by atoms with Crippen molar-refractivity contribution in [1.82, 2.24) is 15.5 Å². The zero-order valence-electron chi connectivity index (χ0n) is 16.3. The molecule has 1 atom stereocenters. The van der Waals surface area contributed by atoms with Crippen LogP contribution in [-0.4, -0.2) is 53.2 Å². The fraction of sp³-hybridized carbons (Fsp3) is 0.650. The first kappa shape index (κ1) is 20.8. The molecule has 0 spiro atoms. The Morgan fingerprint density at radius 1 is 1.38 bits per heavy atom. The molecule has 0 unspecified atom stereocenters. The topological polar surface area (TPSA) is 64.6 Å². The number of nitrogens with zero attached hydrogens (tertiary/aromatic N) is 1. The summed E-state index contributed by atoms with van der Waals surface area (Å²) in [4.78, 5) is 13.7. The monoisotopic (exact) mass is 365 g/mol. The van der Waals surface area contributed by atoms with Gasteiger partial charge in [0.2, 0.25) is 5.91 Å². The van der Waals surface area contributed by atoms with Gasteiger partial charge in [0.15, 0.2) is 0 Å². The molecule has 1 aromatic carbocycles. The third-order valence-corrected chi connectivity index (χ3v) is 5.06. The lowest BCUT2D eigenvalue weighted by Crippen LogP contribution is -2.57. The molecule has 2 rings (SSSR count). The largest absolute Gasteiger partial charge is 0.387 e. The molecular weight excluding hydrogens is 333 g/mol. The molecule has 1 aromatic rings. The van der Waals surface area contributed by atoms with Crippen molar-refractivity contribution in [3.05, 3.63) is 35.6 Å². The summed E-state index contributed by atoms with van der Waals surface area (Å²) >= 11 is 0. The highest BCUT2D eigenvalue weighted by atomic mass is 19.1. The zero-order chi connectivity index (χ0) is 19.4. The van der Waals surface area contributed by atoms with E-state index in [9.17, 15) is 14.3 Å². The minimum Gasteiger partial charge on any atom is -0.387 e. The molecule has 1 aliphatic rings. The summed E-state index contributed by atoms with van der Waals surface area (Å²) in [6.07, 6.45) is 1.11. The number of amides is 1. The molecule has 1 aliphatic heterocycles. The van der Waals surface area contributed by atoms with Crippen LogP contribution < -0.4 is 10.6 Å². The van der Waals surface area contributed by atoms with E-state index in [0.717, 1.165) is 32.5 Å². The summed E-state index contributed by atoms with van der Waals surface area (Å²) in [6.45, 7) is 10.9. The molecule has 6 heteroatoms. The van der Waals surface area contributed by atoms with Gasteiger partial charge < -0.3 is 20.6 Å². The van der Waals surface area contributed by atoms with E-state index < -0.39 is 6.10 Å². The Labute approximate surface area is 156 Å². The van der Waals surface area contributed by atoms with Gasteiger partial charge in [-0.3, -0.25) is 4.79 Å². The van der Waals surface area contributed by atoms with Crippen LogP contribution in [0.5, 0.6) is 0 Å². The maximum atomic E-state index is 13.3. The van der Waals surface area contributed by atoms with Crippen molar-refractivity contribution in [3.63, 3.8) is 0 Å². The lowest BCUT2D eigenvalue weighted by atomic mass is 9.88. The van der Waals surface area contributed by atoms with Crippen LogP contribution >= 0.6 is 0 Å². The normalized spacial score (nSPS) is 19.2.